The average Bonchev–Trinajstić information content (AvgIpc) is 3.26. The van der Waals surface area contributed by atoms with Gasteiger partial charge in [0.25, 0.3) is 0 Å². The summed E-state index contributed by atoms with van der Waals surface area (Å²) in [5, 5.41) is 8.47. The molecule has 1 aliphatic carbocycles. The van der Waals surface area contributed by atoms with E-state index in [1.807, 2.05) is 18.3 Å². The summed E-state index contributed by atoms with van der Waals surface area (Å²) in [7, 11) is 0. The van der Waals surface area contributed by atoms with E-state index in [2.05, 4.69) is 64.1 Å². The van der Waals surface area contributed by atoms with Crippen molar-refractivity contribution in [3.63, 3.8) is 0 Å². The Morgan fingerprint density at radius 2 is 1.84 bits per heavy atom. The van der Waals surface area contributed by atoms with E-state index in [4.69, 9.17) is 9.84 Å². The molecule has 32 heavy (non-hydrogen) atoms. The van der Waals surface area contributed by atoms with Crippen molar-refractivity contribution in [1.29, 1.82) is 0 Å². The van der Waals surface area contributed by atoms with Gasteiger partial charge in [-0.15, -0.1) is 0 Å². The lowest BCUT2D eigenvalue weighted by atomic mass is 9.92. The molecular weight excluding hydrogens is 398 g/mol. The van der Waals surface area contributed by atoms with Crippen molar-refractivity contribution in [2.75, 3.05) is 0 Å². The van der Waals surface area contributed by atoms with E-state index in [0.29, 0.717) is 12.1 Å². The molecule has 0 spiro atoms. The van der Waals surface area contributed by atoms with E-state index >= 15 is 0 Å². The number of fused-ring (bicyclic) bond motifs is 1. The molecule has 1 atom stereocenters. The molecule has 5 rings (SSSR count). The second-order valence-electron chi connectivity index (χ2n) is 8.33. The fraction of sp³-hybridized carbons (Fsp3) is 0.269. The number of ether oxygens (including phenoxy) is 1. The summed E-state index contributed by atoms with van der Waals surface area (Å²) in [6.45, 7) is 5.09. The Morgan fingerprint density at radius 1 is 1.03 bits per heavy atom. The minimum atomic E-state index is 0.313. The van der Waals surface area contributed by atoms with Gasteiger partial charge in [-0.25, -0.2) is 14.6 Å². The second kappa shape index (κ2) is 8.93. The van der Waals surface area contributed by atoms with Crippen LogP contribution in [0.1, 0.15) is 46.8 Å². The van der Waals surface area contributed by atoms with Gasteiger partial charge in [0.15, 0.2) is 0 Å². The molecule has 6 heteroatoms. The number of benzene rings is 2. The highest BCUT2D eigenvalue weighted by molar-refractivity contribution is 5.42. The predicted molar refractivity (Wildman–Crippen MR) is 124 cm³/mol. The standard InChI is InChI=1S/C26H27N5O/c1-18-7-10-21(15-19(18)2)31-25-6-3-5-24(23(25)17-30-31)29-16-20-8-11-22(12-9-20)32-26-27-13-4-14-28-26/h4,7-15,17,24,29H,3,5-6,16H2,1-2H3/t24-/m1/s1. The van der Waals surface area contributed by atoms with Crippen molar-refractivity contribution < 1.29 is 4.74 Å². The monoisotopic (exact) mass is 425 g/mol. The summed E-state index contributed by atoms with van der Waals surface area (Å²) in [4.78, 5) is 8.19. The Bertz CT molecular complexity index is 1200. The first-order chi connectivity index (χ1) is 15.7. The van der Waals surface area contributed by atoms with Gasteiger partial charge in [0.1, 0.15) is 5.75 Å². The lowest BCUT2D eigenvalue weighted by Crippen LogP contribution is -2.25. The zero-order valence-corrected chi connectivity index (χ0v) is 18.5. The average molecular weight is 426 g/mol. The fourth-order valence-corrected chi connectivity index (χ4v) is 4.21. The van der Waals surface area contributed by atoms with Gasteiger partial charge in [0.05, 0.1) is 11.9 Å². The number of aryl methyl sites for hydroxylation is 2. The largest absolute Gasteiger partial charge is 0.424 e. The molecule has 6 nitrogen and oxygen atoms in total. The van der Waals surface area contributed by atoms with Crippen LogP contribution in [0.5, 0.6) is 11.8 Å². The number of nitrogens with zero attached hydrogens (tertiary/aromatic N) is 4. The molecule has 162 valence electrons. The van der Waals surface area contributed by atoms with Crippen LogP contribution in [0.15, 0.2) is 67.1 Å². The molecule has 0 radical (unpaired) electrons. The molecule has 1 aliphatic rings. The van der Waals surface area contributed by atoms with Crippen molar-refractivity contribution in [2.24, 2.45) is 0 Å². The number of hydrogen-bond donors (Lipinski definition) is 1. The van der Waals surface area contributed by atoms with E-state index in [1.165, 1.54) is 27.9 Å². The summed E-state index contributed by atoms with van der Waals surface area (Å²) in [5.74, 6) is 0.731. The Kier molecular flexibility index (Phi) is 5.69. The van der Waals surface area contributed by atoms with Crippen molar-refractivity contribution in [1.82, 2.24) is 25.1 Å². The molecule has 1 N–H and O–H groups in total. The zero-order valence-electron chi connectivity index (χ0n) is 18.5. The SMILES string of the molecule is Cc1ccc(-n2ncc3c2CCC[C@H]3NCc2ccc(Oc3ncccn3)cc2)cc1C. The van der Waals surface area contributed by atoms with E-state index in [1.54, 1.807) is 18.5 Å². The molecule has 0 bridgehead atoms. The normalized spacial score (nSPS) is 15.4. The topological polar surface area (TPSA) is 64.9 Å². The third-order valence-electron chi connectivity index (χ3n) is 6.15. The molecule has 2 heterocycles. The molecule has 2 aromatic heterocycles. The lowest BCUT2D eigenvalue weighted by Gasteiger charge is -2.24. The maximum absolute atomic E-state index is 5.68. The Labute approximate surface area is 188 Å². The van der Waals surface area contributed by atoms with Gasteiger partial charge in [-0.05, 0) is 80.1 Å². The van der Waals surface area contributed by atoms with Crippen molar-refractivity contribution >= 4 is 0 Å². The molecule has 0 amide bonds. The van der Waals surface area contributed by atoms with Crippen LogP contribution in [-0.2, 0) is 13.0 Å². The first-order valence-electron chi connectivity index (χ1n) is 11.1. The Hall–Kier alpha value is -3.51. The number of aromatic nitrogens is 4. The van der Waals surface area contributed by atoms with Crippen molar-refractivity contribution in [3.8, 4) is 17.4 Å². The predicted octanol–water partition coefficient (Wildman–Crippen LogP) is 5.24. The molecule has 0 fully saturated rings. The summed E-state index contributed by atoms with van der Waals surface area (Å²) in [6, 6.07) is 17.1. The third-order valence-corrected chi connectivity index (χ3v) is 6.15. The van der Waals surface area contributed by atoms with Gasteiger partial charge in [-0.1, -0.05) is 18.2 Å². The van der Waals surface area contributed by atoms with Crippen molar-refractivity contribution in [3.05, 3.63) is 95.1 Å². The van der Waals surface area contributed by atoms with Crippen LogP contribution >= 0.6 is 0 Å². The highest BCUT2D eigenvalue weighted by Crippen LogP contribution is 2.31. The lowest BCUT2D eigenvalue weighted by molar-refractivity contribution is 0.440. The molecule has 0 saturated heterocycles. The molecule has 4 aromatic rings. The minimum Gasteiger partial charge on any atom is -0.424 e. The van der Waals surface area contributed by atoms with Gasteiger partial charge in [0.2, 0.25) is 0 Å². The molecular formula is C26H27N5O. The minimum absolute atomic E-state index is 0.313. The second-order valence-corrected chi connectivity index (χ2v) is 8.33. The molecule has 0 saturated carbocycles. The van der Waals surface area contributed by atoms with E-state index in [0.717, 1.165) is 37.2 Å². The first kappa shape index (κ1) is 20.4. The van der Waals surface area contributed by atoms with Crippen LogP contribution < -0.4 is 10.1 Å². The first-order valence-corrected chi connectivity index (χ1v) is 11.1. The highest BCUT2D eigenvalue weighted by Gasteiger charge is 2.24. The highest BCUT2D eigenvalue weighted by atomic mass is 16.5. The van der Waals surface area contributed by atoms with E-state index < -0.39 is 0 Å². The van der Waals surface area contributed by atoms with Gasteiger partial charge in [-0.2, -0.15) is 5.10 Å². The summed E-state index contributed by atoms with van der Waals surface area (Å²) in [5.41, 5.74) is 7.60. The smallest absolute Gasteiger partial charge is 0.321 e. The summed E-state index contributed by atoms with van der Waals surface area (Å²) >= 11 is 0. The Morgan fingerprint density at radius 3 is 2.62 bits per heavy atom. The Balaban J connectivity index is 1.26. The zero-order chi connectivity index (χ0) is 21.9. The van der Waals surface area contributed by atoms with E-state index in [-0.39, 0.29) is 0 Å². The van der Waals surface area contributed by atoms with Crippen LogP contribution in [-0.4, -0.2) is 19.7 Å². The van der Waals surface area contributed by atoms with Gasteiger partial charge >= 0.3 is 6.01 Å². The third kappa shape index (κ3) is 4.27. The van der Waals surface area contributed by atoms with Gasteiger partial charge in [0, 0.05) is 36.2 Å². The maximum Gasteiger partial charge on any atom is 0.321 e. The van der Waals surface area contributed by atoms with Crippen LogP contribution in [0.3, 0.4) is 0 Å². The number of nitrogens with one attached hydrogen (secondary N) is 1. The molecule has 0 aliphatic heterocycles. The summed E-state index contributed by atoms with van der Waals surface area (Å²) < 4.78 is 7.80. The fourth-order valence-electron chi connectivity index (χ4n) is 4.21. The number of hydrogen-bond acceptors (Lipinski definition) is 5. The molecule has 0 unspecified atom stereocenters. The summed E-state index contributed by atoms with van der Waals surface area (Å²) in [6.07, 6.45) is 8.72. The van der Waals surface area contributed by atoms with Crippen LogP contribution in [0, 0.1) is 13.8 Å². The van der Waals surface area contributed by atoms with Crippen LogP contribution in [0.25, 0.3) is 5.69 Å². The van der Waals surface area contributed by atoms with Gasteiger partial charge in [-0.3, -0.25) is 0 Å². The number of rotatable bonds is 6. The maximum atomic E-state index is 5.68. The van der Waals surface area contributed by atoms with Crippen LogP contribution in [0.2, 0.25) is 0 Å². The van der Waals surface area contributed by atoms with Crippen LogP contribution in [0.4, 0.5) is 0 Å². The van der Waals surface area contributed by atoms with E-state index in [9.17, 15) is 0 Å². The molecule has 2 aromatic carbocycles. The van der Waals surface area contributed by atoms with Gasteiger partial charge < -0.3 is 10.1 Å². The van der Waals surface area contributed by atoms with Crippen molar-refractivity contribution in [2.45, 2.75) is 45.7 Å². The quantitative estimate of drug-likeness (QED) is 0.458.